The van der Waals surface area contributed by atoms with Gasteiger partial charge in [0.15, 0.2) is 0 Å². The fourth-order valence-electron chi connectivity index (χ4n) is 0.151. The van der Waals surface area contributed by atoms with Crippen molar-refractivity contribution >= 4 is 19.6 Å². The molecule has 0 saturated carbocycles. The average molecular weight is 232 g/mol. The van der Waals surface area contributed by atoms with Crippen molar-refractivity contribution in [3.63, 3.8) is 0 Å². The van der Waals surface area contributed by atoms with E-state index in [0.717, 1.165) is 0 Å². The summed E-state index contributed by atoms with van der Waals surface area (Å²) in [6.45, 7) is 3.34. The molecule has 0 aromatic heterocycles. The molecule has 44 valence electrons. The van der Waals surface area contributed by atoms with Crippen LogP contribution in [0.2, 0.25) is 0 Å². The molecule has 0 amide bonds. The molecule has 0 saturated heterocycles. The van der Waals surface area contributed by atoms with Gasteiger partial charge in [-0.25, -0.2) is 0 Å². The van der Waals surface area contributed by atoms with Crippen LogP contribution >= 0.6 is 13.6 Å². The van der Waals surface area contributed by atoms with E-state index in [0.29, 0.717) is 6.42 Å². The van der Waals surface area contributed by atoms with Gasteiger partial charge in [-0.3, -0.25) is 4.79 Å². The zero-order valence-corrected chi connectivity index (χ0v) is 9.11. The summed E-state index contributed by atoms with van der Waals surface area (Å²) in [4.78, 5) is 9.56. The summed E-state index contributed by atoms with van der Waals surface area (Å²) >= 11 is 4.25. The van der Waals surface area contributed by atoms with Crippen molar-refractivity contribution < 1.29 is 26.2 Å². The van der Waals surface area contributed by atoms with Crippen LogP contribution in [0.3, 0.4) is 0 Å². The van der Waals surface area contributed by atoms with Crippen molar-refractivity contribution in [2.24, 2.45) is 0 Å². The van der Waals surface area contributed by atoms with Crippen LogP contribution in [0.15, 0.2) is 0 Å². The molecule has 2 nitrogen and oxygen atoms in total. The Morgan fingerprint density at radius 3 is 2.12 bits per heavy atom. The van der Waals surface area contributed by atoms with Gasteiger partial charge in [-0.1, -0.05) is 0 Å². The molecule has 0 unspecified atom stereocenters. The van der Waals surface area contributed by atoms with Crippen molar-refractivity contribution in [1.29, 1.82) is 0 Å². The van der Waals surface area contributed by atoms with Crippen molar-refractivity contribution in [1.82, 2.24) is 0 Å². The number of hydrogen-bond acceptors (Lipinski definition) is 1. The molecular formula is C4H7BrO2Zn. The molecule has 8 heavy (non-hydrogen) atoms. The second kappa shape index (κ2) is 10.5. The number of carbonyl (C=O) groups is 1. The first kappa shape index (κ1) is 11.4. The van der Waals surface area contributed by atoms with E-state index in [-0.39, 0.29) is 6.42 Å². The van der Waals surface area contributed by atoms with Gasteiger partial charge in [-0.2, -0.15) is 6.42 Å². The molecule has 0 aromatic carbocycles. The van der Waals surface area contributed by atoms with Crippen LogP contribution in [0.4, 0.5) is 0 Å². The second-order valence-corrected chi connectivity index (χ2v) is 0.997. The summed E-state index contributed by atoms with van der Waals surface area (Å²) in [6.07, 6.45) is 0.662. The number of carboxylic acid groups (broad SMARTS) is 1. The van der Waals surface area contributed by atoms with Gasteiger partial charge in [0.2, 0.25) is 0 Å². The summed E-state index contributed by atoms with van der Waals surface area (Å²) in [6, 6.07) is 0. The Labute approximate surface area is 65.7 Å². The van der Waals surface area contributed by atoms with E-state index >= 15 is 0 Å². The molecular weight excluding hydrogens is 225 g/mol. The molecule has 0 rings (SSSR count). The monoisotopic (exact) mass is 230 g/mol. The fraction of sp³-hybridized carbons (Fsp3) is 0.500. The number of carboxylic acids is 1. The zero-order valence-electron chi connectivity index (χ0n) is 4.56. The fourth-order valence-corrected chi connectivity index (χ4v) is 0.151. The minimum atomic E-state index is -0.773. The molecule has 0 aliphatic heterocycles. The Hall–Kier alpha value is 0.573. The van der Waals surface area contributed by atoms with Crippen LogP contribution in [-0.4, -0.2) is 11.1 Å². The summed E-state index contributed by atoms with van der Waals surface area (Å²) in [5.74, 6) is -0.773. The van der Waals surface area contributed by atoms with Gasteiger partial charge in [0.05, 0.1) is 0 Å². The summed E-state index contributed by atoms with van der Waals surface area (Å²) in [7, 11) is 0. The number of hydrogen-bond donors (Lipinski definition) is 1. The van der Waals surface area contributed by atoms with Crippen LogP contribution in [0.25, 0.3) is 0 Å². The Balaban J connectivity index is 0. The Kier molecular flexibility index (Phi) is 15.0. The van der Waals surface area contributed by atoms with Gasteiger partial charge in [0, 0.05) is 6.42 Å². The van der Waals surface area contributed by atoms with E-state index in [2.05, 4.69) is 20.5 Å². The molecule has 1 N–H and O–H groups in total. The first-order valence-electron chi connectivity index (χ1n) is 2.05. The molecule has 0 radical (unpaired) electrons. The van der Waals surface area contributed by atoms with Gasteiger partial charge in [0.1, 0.15) is 0 Å². The third-order valence-corrected chi connectivity index (χ3v) is 0.391. The Bertz CT molecular complexity index is 58.0. The van der Waals surface area contributed by atoms with E-state index in [4.69, 9.17) is 5.11 Å². The van der Waals surface area contributed by atoms with E-state index < -0.39 is 5.97 Å². The third kappa shape index (κ3) is 16.0. The zero-order chi connectivity index (χ0) is 6.99. The molecule has 0 spiro atoms. The molecule has 4 heteroatoms. The minimum absolute atomic E-state index is 0.181. The summed E-state index contributed by atoms with van der Waals surface area (Å²) in [5.41, 5.74) is 0. The van der Waals surface area contributed by atoms with Gasteiger partial charge in [-0.15, -0.1) is 0 Å². The molecule has 0 aliphatic rings. The van der Waals surface area contributed by atoms with Gasteiger partial charge >= 0.3 is 35.9 Å². The van der Waals surface area contributed by atoms with Crippen LogP contribution in [0, 0.1) is 6.92 Å². The SMILES string of the molecule is [CH2-]CCC(=O)O.[Zn+][Br]. The predicted molar refractivity (Wildman–Crippen MR) is 31.2 cm³/mol. The van der Waals surface area contributed by atoms with Gasteiger partial charge in [0.25, 0.3) is 0 Å². The third-order valence-electron chi connectivity index (χ3n) is 0.391. The molecule has 0 bridgehead atoms. The summed E-state index contributed by atoms with van der Waals surface area (Å²) in [5, 5.41) is 7.87. The molecule has 0 heterocycles. The van der Waals surface area contributed by atoms with Crippen molar-refractivity contribution in [3.05, 3.63) is 6.92 Å². The summed E-state index contributed by atoms with van der Waals surface area (Å²) < 4.78 is 0. The first-order valence-corrected chi connectivity index (χ1v) is 9.00. The van der Waals surface area contributed by atoms with Crippen molar-refractivity contribution in [2.75, 3.05) is 0 Å². The van der Waals surface area contributed by atoms with Crippen LogP contribution in [-0.2, 0) is 21.1 Å². The standard InChI is InChI=1S/C4H7O2.BrH.Zn/c1-2-3-4(5)6;;/h1-3H2,(H,5,6);1H;/q-1;;+2/p-1. The van der Waals surface area contributed by atoms with Crippen LogP contribution < -0.4 is 0 Å². The number of aliphatic carboxylic acids is 1. The normalized spacial score (nSPS) is 7.00. The second-order valence-electron chi connectivity index (χ2n) is 0.997. The average Bonchev–Trinajstić information content (AvgIpc) is 1.72. The number of rotatable bonds is 2. The number of halogens is 1. The van der Waals surface area contributed by atoms with Gasteiger partial charge < -0.3 is 12.0 Å². The Morgan fingerprint density at radius 2 is 2.12 bits per heavy atom. The van der Waals surface area contributed by atoms with Gasteiger partial charge in [-0.05, 0) is 0 Å². The first-order chi connectivity index (χ1) is 3.77. The van der Waals surface area contributed by atoms with E-state index in [1.165, 1.54) is 16.3 Å². The van der Waals surface area contributed by atoms with Crippen LogP contribution in [0.1, 0.15) is 12.8 Å². The van der Waals surface area contributed by atoms with Crippen LogP contribution in [0.5, 0.6) is 0 Å². The quantitative estimate of drug-likeness (QED) is 0.579. The predicted octanol–water partition coefficient (Wildman–Crippen LogP) is 1.53. The maximum absolute atomic E-state index is 9.56. The van der Waals surface area contributed by atoms with Crippen molar-refractivity contribution in [3.8, 4) is 0 Å². The maximum atomic E-state index is 9.56. The van der Waals surface area contributed by atoms with Crippen molar-refractivity contribution in [2.45, 2.75) is 12.8 Å². The van der Waals surface area contributed by atoms with E-state index in [1.54, 1.807) is 0 Å². The Morgan fingerprint density at radius 1 is 1.75 bits per heavy atom. The molecule has 0 aromatic rings. The molecule has 0 fully saturated rings. The molecule has 0 aliphatic carbocycles. The van der Waals surface area contributed by atoms with E-state index in [1.807, 2.05) is 0 Å². The topological polar surface area (TPSA) is 37.3 Å². The molecule has 0 atom stereocenters. The van der Waals surface area contributed by atoms with E-state index in [9.17, 15) is 4.79 Å².